The number of carbonyl (C=O) groups is 1. The first-order valence-corrected chi connectivity index (χ1v) is 8.11. The van der Waals surface area contributed by atoms with Crippen molar-refractivity contribution < 1.29 is 18.0 Å². The highest BCUT2D eigenvalue weighted by molar-refractivity contribution is 5.95. The minimum Gasteiger partial charge on any atom is -0.339 e. The summed E-state index contributed by atoms with van der Waals surface area (Å²) in [4.78, 5) is 14.1. The molecule has 0 saturated carbocycles. The second-order valence-corrected chi connectivity index (χ2v) is 6.20. The smallest absolute Gasteiger partial charge is 0.339 e. The van der Waals surface area contributed by atoms with Crippen LogP contribution in [0.4, 0.5) is 13.2 Å². The summed E-state index contributed by atoms with van der Waals surface area (Å²) in [6, 6.07) is 5.35. The lowest BCUT2D eigenvalue weighted by Crippen LogP contribution is -2.39. The Bertz CT molecular complexity index is 609. The number of carbonyl (C=O) groups excluding carboxylic acids is 1. The zero-order valence-corrected chi connectivity index (χ0v) is 15.2. The number of allylic oxidation sites excluding steroid dienone is 1. The summed E-state index contributed by atoms with van der Waals surface area (Å²) >= 11 is 0. The number of rotatable bonds is 4. The van der Waals surface area contributed by atoms with Gasteiger partial charge in [0.1, 0.15) is 0 Å². The van der Waals surface area contributed by atoms with E-state index in [9.17, 15) is 18.0 Å². The van der Waals surface area contributed by atoms with Crippen LogP contribution >= 0.6 is 12.4 Å². The molecule has 7 heteroatoms. The number of hydrogen-bond acceptors (Lipinski definition) is 2. The number of benzene rings is 1. The molecule has 0 radical (unpaired) electrons. The van der Waals surface area contributed by atoms with Gasteiger partial charge in [-0.25, -0.2) is 0 Å². The Morgan fingerprint density at radius 2 is 1.88 bits per heavy atom. The van der Waals surface area contributed by atoms with Crippen molar-refractivity contribution in [1.29, 1.82) is 0 Å². The predicted molar refractivity (Wildman–Crippen MR) is 95.6 cm³/mol. The van der Waals surface area contributed by atoms with Gasteiger partial charge in [-0.05, 0) is 56.5 Å². The standard InChI is InChI=1S/C18H23F3N2O.ClH/c1-13(15-5-3-4-6-16(15)18(19,20)21)11-17(24)23-9-7-14(8-10-23)12-22-2;/h3-6,11,14,22H,7-10,12H2,1-2H3;1H/b13-11-;. The van der Waals surface area contributed by atoms with E-state index in [1.54, 1.807) is 17.9 Å². The molecule has 1 aliphatic rings. The summed E-state index contributed by atoms with van der Waals surface area (Å²) in [5.74, 6) is 0.336. The van der Waals surface area contributed by atoms with Crippen LogP contribution in [-0.4, -0.2) is 37.5 Å². The number of halogens is 4. The van der Waals surface area contributed by atoms with E-state index in [1.165, 1.54) is 18.2 Å². The molecule has 140 valence electrons. The molecule has 2 rings (SSSR count). The van der Waals surface area contributed by atoms with Crippen molar-refractivity contribution in [2.45, 2.75) is 25.9 Å². The summed E-state index contributed by atoms with van der Waals surface area (Å²) in [6.45, 7) is 3.78. The zero-order valence-electron chi connectivity index (χ0n) is 14.4. The van der Waals surface area contributed by atoms with Crippen molar-refractivity contribution in [1.82, 2.24) is 10.2 Å². The van der Waals surface area contributed by atoms with Crippen molar-refractivity contribution >= 4 is 23.9 Å². The van der Waals surface area contributed by atoms with Gasteiger partial charge in [-0.2, -0.15) is 13.2 Å². The summed E-state index contributed by atoms with van der Waals surface area (Å²) in [6.07, 6.45) is -1.28. The van der Waals surface area contributed by atoms with Crippen LogP contribution in [0.15, 0.2) is 30.3 Å². The van der Waals surface area contributed by atoms with Crippen LogP contribution < -0.4 is 5.32 Å². The number of alkyl halides is 3. The topological polar surface area (TPSA) is 32.3 Å². The fourth-order valence-corrected chi connectivity index (χ4v) is 3.07. The molecule has 1 heterocycles. The molecule has 1 fully saturated rings. The van der Waals surface area contributed by atoms with E-state index in [2.05, 4.69) is 5.32 Å². The number of piperidine rings is 1. The van der Waals surface area contributed by atoms with Crippen molar-refractivity contribution in [2.75, 3.05) is 26.7 Å². The van der Waals surface area contributed by atoms with Crippen LogP contribution in [-0.2, 0) is 11.0 Å². The molecule has 1 amide bonds. The first kappa shape index (κ1) is 21.5. The second-order valence-electron chi connectivity index (χ2n) is 6.20. The lowest BCUT2D eigenvalue weighted by molar-refractivity contribution is -0.137. The lowest BCUT2D eigenvalue weighted by Gasteiger charge is -2.31. The first-order chi connectivity index (χ1) is 11.3. The van der Waals surface area contributed by atoms with Crippen molar-refractivity contribution in [3.63, 3.8) is 0 Å². The summed E-state index contributed by atoms with van der Waals surface area (Å²) in [5, 5.41) is 3.13. The highest BCUT2D eigenvalue weighted by Crippen LogP contribution is 2.34. The third kappa shape index (κ3) is 5.75. The predicted octanol–water partition coefficient (Wildman–Crippen LogP) is 3.99. The van der Waals surface area contributed by atoms with Crippen LogP contribution in [0, 0.1) is 5.92 Å². The third-order valence-electron chi connectivity index (χ3n) is 4.42. The van der Waals surface area contributed by atoms with Gasteiger partial charge in [0.25, 0.3) is 0 Å². The van der Waals surface area contributed by atoms with Gasteiger partial charge in [-0.1, -0.05) is 18.2 Å². The van der Waals surface area contributed by atoms with E-state index < -0.39 is 11.7 Å². The number of hydrogen-bond donors (Lipinski definition) is 1. The lowest BCUT2D eigenvalue weighted by atomic mass is 9.96. The average Bonchev–Trinajstić information content (AvgIpc) is 2.55. The molecule has 1 aliphatic heterocycles. The maximum Gasteiger partial charge on any atom is 0.416 e. The van der Waals surface area contributed by atoms with Gasteiger partial charge in [-0.15, -0.1) is 12.4 Å². The van der Waals surface area contributed by atoms with Crippen molar-refractivity contribution in [2.24, 2.45) is 5.92 Å². The van der Waals surface area contributed by atoms with Gasteiger partial charge in [-0.3, -0.25) is 4.79 Å². The van der Waals surface area contributed by atoms with Gasteiger partial charge < -0.3 is 10.2 Å². The Labute approximate surface area is 152 Å². The molecule has 1 aromatic rings. The van der Waals surface area contributed by atoms with Gasteiger partial charge in [0.2, 0.25) is 5.91 Å². The fourth-order valence-electron chi connectivity index (χ4n) is 3.07. The number of amides is 1. The number of nitrogens with one attached hydrogen (secondary N) is 1. The molecule has 0 aliphatic carbocycles. The molecule has 1 N–H and O–H groups in total. The highest BCUT2D eigenvalue weighted by atomic mass is 35.5. The van der Waals surface area contributed by atoms with Crippen LogP contribution in [0.2, 0.25) is 0 Å². The Kier molecular flexibility index (Phi) is 7.96. The van der Waals surface area contributed by atoms with Gasteiger partial charge >= 0.3 is 6.18 Å². The molecular formula is C18H24ClF3N2O. The van der Waals surface area contributed by atoms with Crippen LogP contribution in [0.1, 0.15) is 30.9 Å². The maximum absolute atomic E-state index is 13.1. The molecule has 25 heavy (non-hydrogen) atoms. The zero-order chi connectivity index (χ0) is 17.7. The molecule has 0 spiro atoms. The molecule has 3 nitrogen and oxygen atoms in total. The Morgan fingerprint density at radius 1 is 1.28 bits per heavy atom. The van der Waals surface area contributed by atoms with E-state index in [1.807, 2.05) is 7.05 Å². The van der Waals surface area contributed by atoms with E-state index in [0.717, 1.165) is 25.5 Å². The minimum atomic E-state index is -4.43. The van der Waals surface area contributed by atoms with Gasteiger partial charge in [0.15, 0.2) is 0 Å². The molecule has 0 unspecified atom stereocenters. The quantitative estimate of drug-likeness (QED) is 0.806. The first-order valence-electron chi connectivity index (χ1n) is 8.11. The third-order valence-corrected chi connectivity index (χ3v) is 4.42. The SMILES string of the molecule is CNCC1CCN(C(=O)/C=C(/C)c2ccccc2C(F)(F)F)CC1.Cl. The summed E-state index contributed by atoms with van der Waals surface area (Å²) in [5.41, 5.74) is -0.312. The maximum atomic E-state index is 13.1. The molecular weight excluding hydrogens is 353 g/mol. The molecule has 1 saturated heterocycles. The molecule has 0 bridgehead atoms. The van der Waals surface area contributed by atoms with E-state index in [4.69, 9.17) is 0 Å². The highest BCUT2D eigenvalue weighted by Gasteiger charge is 2.33. The minimum absolute atomic E-state index is 0. The van der Waals surface area contributed by atoms with Gasteiger partial charge in [0, 0.05) is 19.2 Å². The normalized spacial score (nSPS) is 16.5. The Hall–Kier alpha value is -1.53. The Morgan fingerprint density at radius 3 is 2.44 bits per heavy atom. The largest absolute Gasteiger partial charge is 0.416 e. The number of likely N-dealkylation sites (tertiary alicyclic amines) is 1. The van der Waals surface area contributed by atoms with E-state index in [0.29, 0.717) is 24.6 Å². The van der Waals surface area contributed by atoms with E-state index in [-0.39, 0.29) is 23.9 Å². The fraction of sp³-hybridized carbons (Fsp3) is 0.500. The van der Waals surface area contributed by atoms with Crippen molar-refractivity contribution in [3.8, 4) is 0 Å². The number of nitrogens with zero attached hydrogens (tertiary/aromatic N) is 1. The van der Waals surface area contributed by atoms with Crippen LogP contribution in [0.3, 0.4) is 0 Å². The van der Waals surface area contributed by atoms with Crippen LogP contribution in [0.5, 0.6) is 0 Å². The van der Waals surface area contributed by atoms with Crippen LogP contribution in [0.25, 0.3) is 5.57 Å². The summed E-state index contributed by atoms with van der Waals surface area (Å²) in [7, 11) is 1.90. The molecule has 1 aromatic carbocycles. The second kappa shape index (κ2) is 9.25. The summed E-state index contributed by atoms with van der Waals surface area (Å²) < 4.78 is 39.3. The van der Waals surface area contributed by atoms with Crippen molar-refractivity contribution in [3.05, 3.63) is 41.5 Å². The molecule has 0 aromatic heterocycles. The van der Waals surface area contributed by atoms with E-state index >= 15 is 0 Å². The monoisotopic (exact) mass is 376 g/mol. The molecule has 0 atom stereocenters. The van der Waals surface area contributed by atoms with Gasteiger partial charge in [0.05, 0.1) is 5.56 Å². The Balaban J connectivity index is 0.00000312. The average molecular weight is 377 g/mol.